The Morgan fingerprint density at radius 2 is 1.73 bits per heavy atom. The van der Waals surface area contributed by atoms with Crippen molar-refractivity contribution in [2.45, 2.75) is 63.6 Å². The summed E-state index contributed by atoms with van der Waals surface area (Å²) in [6.07, 6.45) is 8.78. The molecule has 2 aliphatic carbocycles. The number of nitrogens with one attached hydrogen (secondary N) is 2. The lowest BCUT2D eigenvalue weighted by atomic mass is 9.90. The number of hydrogen-bond acceptors (Lipinski definition) is 5. The molecular formula is C27H33N5O. The van der Waals surface area contributed by atoms with Crippen molar-refractivity contribution < 1.29 is 4.79 Å². The number of fused-ring (bicyclic) bond motifs is 1. The van der Waals surface area contributed by atoms with Gasteiger partial charge in [-0.3, -0.25) is 4.79 Å². The first-order valence-corrected chi connectivity index (χ1v) is 12.1. The molecule has 0 unspecified atom stereocenters. The molecule has 0 bridgehead atoms. The number of carbonyl (C=O) groups is 1. The van der Waals surface area contributed by atoms with Gasteiger partial charge in [-0.2, -0.15) is 0 Å². The zero-order valence-electron chi connectivity index (χ0n) is 19.8. The minimum absolute atomic E-state index is 0.0122. The van der Waals surface area contributed by atoms with Crippen molar-refractivity contribution in [3.63, 3.8) is 0 Å². The Labute approximate surface area is 195 Å². The van der Waals surface area contributed by atoms with Crippen LogP contribution in [0, 0.1) is 6.92 Å². The van der Waals surface area contributed by atoms with Crippen LogP contribution in [0.1, 0.15) is 54.4 Å². The van der Waals surface area contributed by atoms with E-state index in [1.54, 1.807) is 0 Å². The molecule has 2 fully saturated rings. The number of hydrogen-bond donors (Lipinski definition) is 2. The summed E-state index contributed by atoms with van der Waals surface area (Å²) in [6.45, 7) is 2.08. The van der Waals surface area contributed by atoms with Gasteiger partial charge in [-0.1, -0.05) is 12.1 Å². The van der Waals surface area contributed by atoms with E-state index in [0.29, 0.717) is 29.6 Å². The van der Waals surface area contributed by atoms with Crippen molar-refractivity contribution >= 4 is 22.8 Å². The zero-order chi connectivity index (χ0) is 22.9. The van der Waals surface area contributed by atoms with Gasteiger partial charge < -0.3 is 15.5 Å². The number of aromatic nitrogens is 2. The maximum atomic E-state index is 12.5. The van der Waals surface area contributed by atoms with Crippen LogP contribution in [0.2, 0.25) is 0 Å². The molecule has 0 atom stereocenters. The second kappa shape index (κ2) is 9.10. The van der Waals surface area contributed by atoms with Crippen LogP contribution in [-0.4, -0.2) is 53.0 Å². The number of anilines is 1. The average Bonchev–Trinajstić information content (AvgIpc) is 3.63. The Balaban J connectivity index is 1.33. The monoisotopic (exact) mass is 443 g/mol. The summed E-state index contributed by atoms with van der Waals surface area (Å²) in [7, 11) is 4.33. The lowest BCUT2D eigenvalue weighted by Crippen LogP contribution is -2.36. The van der Waals surface area contributed by atoms with Gasteiger partial charge in [0.25, 0.3) is 5.91 Å². The van der Waals surface area contributed by atoms with E-state index in [0.717, 1.165) is 53.3 Å². The number of amides is 1. The standard InChI is InChI=1S/C27H33N5O/c1-17-4-5-19(26(33)29-21-7-8-21)15-24(17)18-6-13-25-20(14-18)16-28-27(31-25)30-22-9-11-23(12-10-22)32(2)3/h4-6,13-16,21-23H,7-12H2,1-3H3,(H,29,33)(H,28,30,31)/t22-,23-. The fourth-order valence-corrected chi connectivity index (χ4v) is 4.76. The van der Waals surface area contributed by atoms with Gasteiger partial charge in [0.1, 0.15) is 0 Å². The fourth-order valence-electron chi connectivity index (χ4n) is 4.76. The summed E-state index contributed by atoms with van der Waals surface area (Å²) in [5, 5.41) is 7.62. The van der Waals surface area contributed by atoms with Crippen molar-refractivity contribution in [3.05, 3.63) is 53.7 Å². The van der Waals surface area contributed by atoms with E-state index in [1.807, 2.05) is 24.4 Å². The van der Waals surface area contributed by atoms with Crippen LogP contribution in [0.25, 0.3) is 22.0 Å². The number of nitrogens with zero attached hydrogens (tertiary/aromatic N) is 3. The molecule has 2 aromatic carbocycles. The van der Waals surface area contributed by atoms with Crippen molar-refractivity contribution in [1.29, 1.82) is 0 Å². The Bertz CT molecular complexity index is 1160. The van der Waals surface area contributed by atoms with E-state index in [1.165, 1.54) is 12.8 Å². The molecule has 2 aliphatic rings. The van der Waals surface area contributed by atoms with Crippen LogP contribution in [0.4, 0.5) is 5.95 Å². The molecule has 6 nitrogen and oxygen atoms in total. The summed E-state index contributed by atoms with van der Waals surface area (Å²) in [5.74, 6) is 0.719. The maximum absolute atomic E-state index is 12.5. The third-order valence-corrected chi connectivity index (χ3v) is 7.06. The fraction of sp³-hybridized carbons (Fsp3) is 0.444. The average molecular weight is 444 g/mol. The minimum Gasteiger partial charge on any atom is -0.351 e. The number of rotatable bonds is 6. The summed E-state index contributed by atoms with van der Waals surface area (Å²) in [4.78, 5) is 24.2. The van der Waals surface area contributed by atoms with Crippen LogP contribution < -0.4 is 10.6 Å². The van der Waals surface area contributed by atoms with E-state index >= 15 is 0 Å². The van der Waals surface area contributed by atoms with E-state index in [-0.39, 0.29) is 5.91 Å². The molecule has 6 heteroatoms. The number of carbonyl (C=O) groups excluding carboxylic acids is 1. The van der Waals surface area contributed by atoms with Crippen LogP contribution >= 0.6 is 0 Å². The van der Waals surface area contributed by atoms with E-state index in [4.69, 9.17) is 4.98 Å². The third-order valence-electron chi connectivity index (χ3n) is 7.06. The maximum Gasteiger partial charge on any atom is 0.251 e. The lowest BCUT2D eigenvalue weighted by molar-refractivity contribution is 0.0951. The smallest absolute Gasteiger partial charge is 0.251 e. The molecular weight excluding hydrogens is 410 g/mol. The molecule has 3 aromatic rings. The van der Waals surface area contributed by atoms with Gasteiger partial charge in [-0.25, -0.2) is 9.97 Å². The molecule has 0 saturated heterocycles. The Kier molecular flexibility index (Phi) is 6.02. The van der Waals surface area contributed by atoms with Gasteiger partial charge in [-0.05, 0) is 100 Å². The molecule has 1 amide bonds. The molecule has 2 saturated carbocycles. The SMILES string of the molecule is Cc1ccc(C(=O)NC2CC2)cc1-c1ccc2nc(N[C@H]3CC[C@H](N(C)C)CC3)ncc2c1. The summed E-state index contributed by atoms with van der Waals surface area (Å²) >= 11 is 0. The summed E-state index contributed by atoms with van der Waals surface area (Å²) in [5.41, 5.74) is 4.93. The zero-order valence-corrected chi connectivity index (χ0v) is 19.8. The van der Waals surface area contributed by atoms with Crippen molar-refractivity contribution in [3.8, 4) is 11.1 Å². The second-order valence-electron chi connectivity index (χ2n) is 9.86. The largest absolute Gasteiger partial charge is 0.351 e. The molecule has 0 aliphatic heterocycles. The first-order chi connectivity index (χ1) is 16.0. The van der Waals surface area contributed by atoms with Gasteiger partial charge >= 0.3 is 0 Å². The summed E-state index contributed by atoms with van der Waals surface area (Å²) < 4.78 is 0. The van der Waals surface area contributed by atoms with Gasteiger partial charge in [0, 0.05) is 35.3 Å². The van der Waals surface area contributed by atoms with Crippen LogP contribution in [0.3, 0.4) is 0 Å². The van der Waals surface area contributed by atoms with Crippen molar-refractivity contribution in [2.24, 2.45) is 0 Å². The van der Waals surface area contributed by atoms with Crippen LogP contribution in [0.15, 0.2) is 42.6 Å². The Morgan fingerprint density at radius 1 is 0.970 bits per heavy atom. The number of benzene rings is 2. The van der Waals surface area contributed by atoms with Crippen molar-refractivity contribution in [1.82, 2.24) is 20.2 Å². The Morgan fingerprint density at radius 3 is 2.45 bits per heavy atom. The predicted molar refractivity (Wildman–Crippen MR) is 134 cm³/mol. The first kappa shape index (κ1) is 21.8. The normalized spacial score (nSPS) is 20.7. The second-order valence-corrected chi connectivity index (χ2v) is 9.86. The van der Waals surface area contributed by atoms with Crippen LogP contribution in [-0.2, 0) is 0 Å². The topological polar surface area (TPSA) is 70.2 Å². The molecule has 172 valence electrons. The highest BCUT2D eigenvalue weighted by atomic mass is 16.1. The minimum atomic E-state index is 0.0122. The third kappa shape index (κ3) is 5.01. The van der Waals surface area contributed by atoms with E-state index < -0.39 is 0 Å². The molecule has 5 rings (SSSR count). The predicted octanol–water partition coefficient (Wildman–Crippen LogP) is 4.78. The van der Waals surface area contributed by atoms with Gasteiger partial charge in [0.2, 0.25) is 5.95 Å². The van der Waals surface area contributed by atoms with Gasteiger partial charge in [-0.15, -0.1) is 0 Å². The molecule has 1 heterocycles. The highest BCUT2D eigenvalue weighted by Gasteiger charge is 2.24. The van der Waals surface area contributed by atoms with Gasteiger partial charge in [0.05, 0.1) is 5.52 Å². The lowest BCUT2D eigenvalue weighted by Gasteiger charge is -2.32. The highest BCUT2D eigenvalue weighted by molar-refractivity contribution is 5.96. The first-order valence-electron chi connectivity index (χ1n) is 12.1. The van der Waals surface area contributed by atoms with Crippen LogP contribution in [0.5, 0.6) is 0 Å². The van der Waals surface area contributed by atoms with Gasteiger partial charge in [0.15, 0.2) is 0 Å². The summed E-state index contributed by atoms with van der Waals surface area (Å²) in [6, 6.07) is 13.7. The molecule has 0 radical (unpaired) electrons. The molecule has 2 N–H and O–H groups in total. The number of aryl methyl sites for hydroxylation is 1. The molecule has 1 aromatic heterocycles. The van der Waals surface area contributed by atoms with E-state index in [2.05, 4.69) is 59.7 Å². The molecule has 33 heavy (non-hydrogen) atoms. The Hall–Kier alpha value is -2.99. The quantitative estimate of drug-likeness (QED) is 0.574. The molecule has 0 spiro atoms. The van der Waals surface area contributed by atoms with Crippen molar-refractivity contribution in [2.75, 3.05) is 19.4 Å². The van der Waals surface area contributed by atoms with E-state index in [9.17, 15) is 4.79 Å². The highest BCUT2D eigenvalue weighted by Crippen LogP contribution is 2.29.